The molecule has 0 atom stereocenters. The van der Waals surface area contributed by atoms with Crippen molar-refractivity contribution in [3.8, 4) is 0 Å². The van der Waals surface area contributed by atoms with Crippen LogP contribution in [0.25, 0.3) is 0 Å². The van der Waals surface area contributed by atoms with Gasteiger partial charge in [0.15, 0.2) is 0 Å². The van der Waals surface area contributed by atoms with Crippen LogP contribution in [0.5, 0.6) is 0 Å². The molecule has 0 aliphatic carbocycles. The Kier molecular flexibility index (Phi) is 6.45. The smallest absolute Gasteiger partial charge is 0.282 e. The molecule has 19 heavy (non-hydrogen) atoms. The van der Waals surface area contributed by atoms with Gasteiger partial charge in [-0.1, -0.05) is 45.1 Å². The first-order chi connectivity index (χ1) is 8.95. The van der Waals surface area contributed by atoms with E-state index in [-0.39, 0.29) is 0 Å². The summed E-state index contributed by atoms with van der Waals surface area (Å²) in [5.41, 5.74) is 0.764. The van der Waals surface area contributed by atoms with E-state index in [4.69, 9.17) is 4.55 Å². The predicted molar refractivity (Wildman–Crippen MR) is 73.3 cm³/mol. The van der Waals surface area contributed by atoms with Crippen LogP contribution in [0.1, 0.15) is 51.0 Å². The summed E-state index contributed by atoms with van der Waals surface area (Å²) in [6.45, 7) is 2.17. The Labute approximate surface area is 114 Å². The van der Waals surface area contributed by atoms with E-state index in [0.717, 1.165) is 30.9 Å². The number of halogens is 1. The molecule has 1 aromatic rings. The minimum atomic E-state index is -4.46. The average molecular weight is 288 g/mol. The molecule has 0 unspecified atom stereocenters. The summed E-state index contributed by atoms with van der Waals surface area (Å²) in [5.74, 6) is -0.883. The van der Waals surface area contributed by atoms with Crippen LogP contribution in [0, 0.1) is 5.82 Å². The van der Waals surface area contributed by atoms with Gasteiger partial charge >= 0.3 is 0 Å². The zero-order valence-corrected chi connectivity index (χ0v) is 12.0. The van der Waals surface area contributed by atoms with Crippen LogP contribution in [-0.2, 0) is 16.5 Å². The Morgan fingerprint density at radius 1 is 1.11 bits per heavy atom. The second-order valence-corrected chi connectivity index (χ2v) is 6.15. The van der Waals surface area contributed by atoms with Gasteiger partial charge in [-0.25, -0.2) is 4.39 Å². The van der Waals surface area contributed by atoms with Crippen LogP contribution in [0.4, 0.5) is 4.39 Å². The third kappa shape index (κ3) is 5.70. The molecule has 0 saturated heterocycles. The third-order valence-corrected chi connectivity index (χ3v) is 3.98. The van der Waals surface area contributed by atoms with Gasteiger partial charge in [-0.2, -0.15) is 8.42 Å². The number of benzene rings is 1. The minimum Gasteiger partial charge on any atom is -0.282 e. The summed E-state index contributed by atoms with van der Waals surface area (Å²) < 4.78 is 44.0. The van der Waals surface area contributed by atoms with Crippen molar-refractivity contribution in [2.75, 3.05) is 0 Å². The molecule has 108 valence electrons. The summed E-state index contributed by atoms with van der Waals surface area (Å²) in [6, 6.07) is 3.87. The van der Waals surface area contributed by atoms with Gasteiger partial charge in [-0.05, 0) is 30.5 Å². The van der Waals surface area contributed by atoms with Crippen molar-refractivity contribution >= 4 is 10.1 Å². The maximum atomic E-state index is 13.5. The van der Waals surface area contributed by atoms with Gasteiger partial charge in [-0.15, -0.1) is 0 Å². The standard InChI is InChI=1S/C14H21FO3S/c1-2-3-4-5-6-7-8-12-9-10-14(13(15)11-12)19(16,17)18/h9-11H,2-8H2,1H3,(H,16,17,18). The fraction of sp³-hybridized carbons (Fsp3) is 0.571. The molecule has 0 aliphatic rings. The van der Waals surface area contributed by atoms with Crippen molar-refractivity contribution in [2.45, 2.75) is 56.8 Å². The first kappa shape index (κ1) is 16.1. The van der Waals surface area contributed by atoms with E-state index >= 15 is 0 Å². The van der Waals surface area contributed by atoms with Crippen LogP contribution >= 0.6 is 0 Å². The molecule has 0 bridgehead atoms. The summed E-state index contributed by atoms with van der Waals surface area (Å²) in [6.07, 6.45) is 7.66. The van der Waals surface area contributed by atoms with E-state index in [1.165, 1.54) is 31.7 Å². The molecular formula is C14H21FO3S. The summed E-state index contributed by atoms with van der Waals surface area (Å²) in [7, 11) is -4.46. The molecule has 0 aliphatic heterocycles. The third-order valence-electron chi connectivity index (χ3n) is 3.09. The van der Waals surface area contributed by atoms with E-state index in [2.05, 4.69) is 6.92 Å². The number of unbranched alkanes of at least 4 members (excludes halogenated alkanes) is 5. The zero-order chi connectivity index (χ0) is 14.3. The van der Waals surface area contributed by atoms with E-state index in [1.807, 2.05) is 0 Å². The maximum absolute atomic E-state index is 13.5. The Morgan fingerprint density at radius 3 is 2.32 bits per heavy atom. The maximum Gasteiger partial charge on any atom is 0.297 e. The highest BCUT2D eigenvalue weighted by atomic mass is 32.2. The minimum absolute atomic E-state index is 0.654. The lowest BCUT2D eigenvalue weighted by Crippen LogP contribution is -2.02. The van der Waals surface area contributed by atoms with Gasteiger partial charge < -0.3 is 0 Å². The zero-order valence-electron chi connectivity index (χ0n) is 11.2. The number of hydrogen-bond donors (Lipinski definition) is 1. The first-order valence-electron chi connectivity index (χ1n) is 6.71. The Hall–Kier alpha value is -0.940. The highest BCUT2D eigenvalue weighted by Gasteiger charge is 2.15. The van der Waals surface area contributed by atoms with Gasteiger partial charge in [0, 0.05) is 0 Å². The van der Waals surface area contributed by atoms with Crippen molar-refractivity contribution in [3.05, 3.63) is 29.6 Å². The second-order valence-electron chi connectivity index (χ2n) is 4.76. The van der Waals surface area contributed by atoms with Crippen LogP contribution in [0.3, 0.4) is 0 Å². The molecule has 0 fully saturated rings. The topological polar surface area (TPSA) is 54.4 Å². The number of aryl methyl sites for hydroxylation is 1. The van der Waals surface area contributed by atoms with E-state index < -0.39 is 20.8 Å². The highest BCUT2D eigenvalue weighted by Crippen LogP contribution is 2.17. The molecule has 5 heteroatoms. The molecule has 1 aromatic carbocycles. The monoisotopic (exact) mass is 288 g/mol. The van der Waals surface area contributed by atoms with E-state index in [9.17, 15) is 12.8 Å². The summed E-state index contributed by atoms with van der Waals surface area (Å²) >= 11 is 0. The van der Waals surface area contributed by atoms with Crippen molar-refractivity contribution in [1.82, 2.24) is 0 Å². The number of hydrogen-bond acceptors (Lipinski definition) is 2. The van der Waals surface area contributed by atoms with Gasteiger partial charge in [0.2, 0.25) is 0 Å². The van der Waals surface area contributed by atoms with Crippen molar-refractivity contribution in [1.29, 1.82) is 0 Å². The van der Waals surface area contributed by atoms with Gasteiger partial charge in [0.25, 0.3) is 10.1 Å². The Morgan fingerprint density at radius 2 is 1.74 bits per heavy atom. The fourth-order valence-electron chi connectivity index (χ4n) is 2.02. The lowest BCUT2D eigenvalue weighted by Gasteiger charge is -2.04. The second kappa shape index (κ2) is 7.60. The van der Waals surface area contributed by atoms with Crippen molar-refractivity contribution < 1.29 is 17.4 Å². The van der Waals surface area contributed by atoms with Gasteiger partial charge in [-0.3, -0.25) is 4.55 Å². The van der Waals surface area contributed by atoms with Crippen LogP contribution < -0.4 is 0 Å². The Bertz CT molecular complexity index is 497. The molecule has 0 saturated carbocycles. The molecule has 1 N–H and O–H groups in total. The van der Waals surface area contributed by atoms with E-state index in [0.29, 0.717) is 0 Å². The lowest BCUT2D eigenvalue weighted by molar-refractivity contribution is 0.473. The summed E-state index contributed by atoms with van der Waals surface area (Å²) in [5, 5.41) is 0. The average Bonchev–Trinajstić information content (AvgIpc) is 2.32. The molecule has 0 radical (unpaired) electrons. The first-order valence-corrected chi connectivity index (χ1v) is 8.15. The lowest BCUT2D eigenvalue weighted by atomic mass is 10.0. The van der Waals surface area contributed by atoms with Crippen LogP contribution in [0.15, 0.2) is 23.1 Å². The van der Waals surface area contributed by atoms with Crippen LogP contribution in [0.2, 0.25) is 0 Å². The predicted octanol–water partition coefficient (Wildman–Crippen LogP) is 3.98. The quantitative estimate of drug-likeness (QED) is 0.581. The van der Waals surface area contributed by atoms with E-state index in [1.54, 1.807) is 6.07 Å². The molecule has 0 heterocycles. The normalized spacial score (nSPS) is 11.7. The fourth-order valence-corrected chi connectivity index (χ4v) is 2.56. The number of rotatable bonds is 8. The Balaban J connectivity index is 2.46. The van der Waals surface area contributed by atoms with Gasteiger partial charge in [0.1, 0.15) is 10.7 Å². The molecular weight excluding hydrogens is 267 g/mol. The molecule has 0 aromatic heterocycles. The van der Waals surface area contributed by atoms with Gasteiger partial charge in [0.05, 0.1) is 0 Å². The SMILES string of the molecule is CCCCCCCCc1ccc(S(=O)(=O)O)c(F)c1. The molecule has 0 amide bonds. The molecule has 3 nitrogen and oxygen atoms in total. The largest absolute Gasteiger partial charge is 0.297 e. The summed E-state index contributed by atoms with van der Waals surface area (Å²) in [4.78, 5) is -0.654. The van der Waals surface area contributed by atoms with Crippen LogP contribution in [-0.4, -0.2) is 13.0 Å². The van der Waals surface area contributed by atoms with Crippen molar-refractivity contribution in [2.24, 2.45) is 0 Å². The highest BCUT2D eigenvalue weighted by molar-refractivity contribution is 7.85. The molecule has 0 spiro atoms. The van der Waals surface area contributed by atoms with Crippen molar-refractivity contribution in [3.63, 3.8) is 0 Å². The molecule has 1 rings (SSSR count).